The number of para-hydroxylation sites is 2. The van der Waals surface area contributed by atoms with Crippen LogP contribution in [0, 0.1) is 0 Å². The maximum absolute atomic E-state index is 7.01. The minimum absolute atomic E-state index is 0.530. The van der Waals surface area contributed by atoms with Crippen molar-refractivity contribution in [1.82, 2.24) is 4.98 Å². The lowest BCUT2D eigenvalue weighted by atomic mass is 9.65. The standard InChI is InChI=1S/C48H31NO/c1-3-15-32(16-4-1)34-19-13-20-35(29-34)44-30-36(33-17-5-2-6-18-33)31-45(49-44)39-23-14-27-43-47(39)50-46-28-12-11-26-42(46)48(43)40-24-9-7-21-37(40)38-22-8-10-25-41(38)48/h1-31H. The maximum Gasteiger partial charge on any atom is 0.141 e. The van der Waals surface area contributed by atoms with Crippen LogP contribution in [0.1, 0.15) is 22.3 Å². The Morgan fingerprint density at radius 3 is 1.56 bits per heavy atom. The zero-order valence-electron chi connectivity index (χ0n) is 27.3. The van der Waals surface area contributed by atoms with Crippen molar-refractivity contribution in [3.63, 3.8) is 0 Å². The average molecular weight is 638 g/mol. The quantitative estimate of drug-likeness (QED) is 0.192. The highest BCUT2D eigenvalue weighted by Crippen LogP contribution is 2.63. The third kappa shape index (κ3) is 4.25. The molecule has 2 nitrogen and oxygen atoms in total. The van der Waals surface area contributed by atoms with Crippen LogP contribution in [0.2, 0.25) is 0 Å². The van der Waals surface area contributed by atoms with Crippen LogP contribution in [-0.4, -0.2) is 4.98 Å². The second kappa shape index (κ2) is 11.3. The first-order valence-corrected chi connectivity index (χ1v) is 17.1. The molecule has 0 bridgehead atoms. The van der Waals surface area contributed by atoms with E-state index in [2.05, 4.69) is 188 Å². The second-order valence-electron chi connectivity index (χ2n) is 13.1. The molecule has 0 N–H and O–H groups in total. The average Bonchev–Trinajstić information content (AvgIpc) is 3.49. The van der Waals surface area contributed by atoms with E-state index < -0.39 is 5.41 Å². The summed E-state index contributed by atoms with van der Waals surface area (Å²) in [5.74, 6) is 1.72. The number of pyridine rings is 1. The van der Waals surface area contributed by atoms with Crippen LogP contribution in [0.25, 0.3) is 55.9 Å². The fraction of sp³-hybridized carbons (Fsp3) is 0.0208. The summed E-state index contributed by atoms with van der Waals surface area (Å²) in [4.78, 5) is 5.42. The summed E-state index contributed by atoms with van der Waals surface area (Å²) in [7, 11) is 0. The van der Waals surface area contributed by atoms with Crippen LogP contribution in [0.3, 0.4) is 0 Å². The third-order valence-corrected chi connectivity index (χ3v) is 10.3. The zero-order chi connectivity index (χ0) is 33.1. The van der Waals surface area contributed by atoms with Gasteiger partial charge in [0.15, 0.2) is 0 Å². The molecule has 2 heteroatoms. The van der Waals surface area contributed by atoms with Crippen LogP contribution < -0.4 is 4.74 Å². The highest BCUT2D eigenvalue weighted by Gasteiger charge is 2.51. The van der Waals surface area contributed by atoms with E-state index in [-0.39, 0.29) is 0 Å². The summed E-state index contributed by atoms with van der Waals surface area (Å²) in [6, 6.07) is 67.0. The van der Waals surface area contributed by atoms with Crippen LogP contribution in [-0.2, 0) is 5.41 Å². The highest BCUT2D eigenvalue weighted by molar-refractivity contribution is 5.90. The van der Waals surface area contributed by atoms with Crippen LogP contribution in [0.5, 0.6) is 11.5 Å². The Bertz CT molecular complexity index is 2520. The van der Waals surface area contributed by atoms with E-state index in [1.165, 1.54) is 27.8 Å². The zero-order valence-corrected chi connectivity index (χ0v) is 27.3. The van der Waals surface area contributed by atoms with Gasteiger partial charge in [0.05, 0.1) is 16.8 Å². The number of hydrogen-bond acceptors (Lipinski definition) is 2. The Kier molecular flexibility index (Phi) is 6.43. The lowest BCUT2D eigenvalue weighted by Crippen LogP contribution is -2.32. The van der Waals surface area contributed by atoms with Crippen molar-refractivity contribution in [3.05, 3.63) is 210 Å². The van der Waals surface area contributed by atoms with E-state index in [1.54, 1.807) is 0 Å². The number of rotatable bonds is 4. The van der Waals surface area contributed by atoms with Gasteiger partial charge in [0, 0.05) is 22.3 Å². The van der Waals surface area contributed by atoms with Crippen molar-refractivity contribution in [2.24, 2.45) is 0 Å². The highest BCUT2D eigenvalue weighted by atomic mass is 16.5. The van der Waals surface area contributed by atoms with Crippen molar-refractivity contribution in [3.8, 4) is 67.4 Å². The van der Waals surface area contributed by atoms with Gasteiger partial charge in [-0.3, -0.25) is 0 Å². The molecule has 0 fully saturated rings. The molecule has 1 aliphatic carbocycles. The largest absolute Gasteiger partial charge is 0.456 e. The van der Waals surface area contributed by atoms with E-state index in [1.807, 2.05) is 0 Å². The molecule has 0 amide bonds. The molecule has 0 radical (unpaired) electrons. The minimum Gasteiger partial charge on any atom is -0.456 e. The molecule has 7 aromatic carbocycles. The van der Waals surface area contributed by atoms with Gasteiger partial charge in [0.2, 0.25) is 0 Å². The molecule has 1 spiro atoms. The molecule has 8 aromatic rings. The van der Waals surface area contributed by atoms with Gasteiger partial charge in [0.25, 0.3) is 0 Å². The second-order valence-corrected chi connectivity index (χ2v) is 13.1. The smallest absolute Gasteiger partial charge is 0.141 e. The molecule has 0 unspecified atom stereocenters. The van der Waals surface area contributed by atoms with Crippen molar-refractivity contribution < 1.29 is 4.74 Å². The first-order chi connectivity index (χ1) is 24.8. The van der Waals surface area contributed by atoms with Gasteiger partial charge < -0.3 is 4.74 Å². The van der Waals surface area contributed by atoms with E-state index >= 15 is 0 Å². The van der Waals surface area contributed by atoms with Crippen molar-refractivity contribution in [1.29, 1.82) is 0 Å². The predicted octanol–water partition coefficient (Wildman–Crippen LogP) is 12.2. The molecular formula is C48H31NO. The maximum atomic E-state index is 7.01. The molecule has 0 atom stereocenters. The Morgan fingerprint density at radius 1 is 0.340 bits per heavy atom. The molecule has 1 aromatic heterocycles. The number of fused-ring (bicyclic) bond motifs is 9. The van der Waals surface area contributed by atoms with Crippen molar-refractivity contribution in [2.45, 2.75) is 5.41 Å². The summed E-state index contributed by atoms with van der Waals surface area (Å²) in [5, 5.41) is 0. The molecular weight excluding hydrogens is 607 g/mol. The van der Waals surface area contributed by atoms with Crippen LogP contribution >= 0.6 is 0 Å². The molecule has 0 saturated carbocycles. The molecule has 2 heterocycles. The van der Waals surface area contributed by atoms with Gasteiger partial charge >= 0.3 is 0 Å². The summed E-state index contributed by atoms with van der Waals surface area (Å²) >= 11 is 0. The van der Waals surface area contributed by atoms with Crippen molar-refractivity contribution >= 4 is 0 Å². The monoisotopic (exact) mass is 637 g/mol. The Labute approximate surface area is 292 Å². The van der Waals surface area contributed by atoms with E-state index in [0.29, 0.717) is 0 Å². The molecule has 10 rings (SSSR count). The lowest BCUT2D eigenvalue weighted by Gasteiger charge is -2.40. The fourth-order valence-electron chi connectivity index (χ4n) is 8.18. The topological polar surface area (TPSA) is 22.1 Å². The van der Waals surface area contributed by atoms with Gasteiger partial charge in [-0.05, 0) is 74.8 Å². The summed E-state index contributed by atoms with van der Waals surface area (Å²) < 4.78 is 7.01. The van der Waals surface area contributed by atoms with Crippen molar-refractivity contribution in [2.75, 3.05) is 0 Å². The minimum atomic E-state index is -0.530. The lowest BCUT2D eigenvalue weighted by molar-refractivity contribution is 0.438. The third-order valence-electron chi connectivity index (χ3n) is 10.3. The molecule has 1 aliphatic heterocycles. The first kappa shape index (κ1) is 28.5. The molecule has 50 heavy (non-hydrogen) atoms. The van der Waals surface area contributed by atoms with Gasteiger partial charge in [-0.1, -0.05) is 158 Å². The summed E-state index contributed by atoms with van der Waals surface area (Å²) in [6.07, 6.45) is 0. The fourth-order valence-corrected chi connectivity index (χ4v) is 8.18. The SMILES string of the molecule is c1ccc(-c2cccc(-c3cc(-c4ccccc4)cc(-c4cccc5c4Oc4ccccc4C54c5ccccc5-c5ccccc54)n3)c2)cc1. The Morgan fingerprint density at radius 2 is 0.840 bits per heavy atom. The number of benzene rings is 7. The number of aromatic nitrogens is 1. The predicted molar refractivity (Wildman–Crippen MR) is 203 cm³/mol. The van der Waals surface area contributed by atoms with E-state index in [0.717, 1.165) is 61.8 Å². The Balaban J connectivity index is 1.23. The van der Waals surface area contributed by atoms with Gasteiger partial charge in [-0.15, -0.1) is 0 Å². The molecule has 0 saturated heterocycles. The summed E-state index contributed by atoms with van der Waals surface area (Å²) in [6.45, 7) is 0. The summed E-state index contributed by atoms with van der Waals surface area (Å²) in [5.41, 5.74) is 15.3. The van der Waals surface area contributed by atoms with E-state index in [4.69, 9.17) is 9.72 Å². The van der Waals surface area contributed by atoms with E-state index in [9.17, 15) is 0 Å². The molecule has 2 aliphatic rings. The van der Waals surface area contributed by atoms with Gasteiger partial charge in [-0.2, -0.15) is 0 Å². The van der Waals surface area contributed by atoms with Gasteiger partial charge in [0.1, 0.15) is 11.5 Å². The van der Waals surface area contributed by atoms with Crippen LogP contribution in [0.4, 0.5) is 0 Å². The normalized spacial score (nSPS) is 13.1. The number of nitrogens with zero attached hydrogens (tertiary/aromatic N) is 1. The van der Waals surface area contributed by atoms with Crippen LogP contribution in [0.15, 0.2) is 188 Å². The first-order valence-electron chi connectivity index (χ1n) is 17.1. The number of ether oxygens (including phenoxy) is 1. The molecule has 234 valence electrons. The van der Waals surface area contributed by atoms with Gasteiger partial charge in [-0.25, -0.2) is 4.98 Å². The number of hydrogen-bond donors (Lipinski definition) is 0. The Hall–Kier alpha value is -6.51.